The third kappa shape index (κ3) is 4.77. The topological polar surface area (TPSA) is 184 Å². The lowest BCUT2D eigenvalue weighted by molar-refractivity contribution is -0.150. The monoisotopic (exact) mass is 493 g/mol. The number of rotatable bonds is 9. The molecule has 15 heteroatoms. The van der Waals surface area contributed by atoms with Gasteiger partial charge in [-0.05, 0) is 5.41 Å². The predicted molar refractivity (Wildman–Crippen MR) is 119 cm³/mol. The number of nitriles is 1. The second kappa shape index (κ2) is 10.3. The van der Waals surface area contributed by atoms with Crippen LogP contribution in [0.3, 0.4) is 0 Å². The number of hydrogen-bond donors (Lipinski definition) is 3. The fraction of sp³-hybridized carbons (Fsp3) is 0.235. The minimum atomic E-state index is -1.27. The van der Waals surface area contributed by atoms with Crippen LogP contribution in [0.2, 0.25) is 0 Å². The minimum Gasteiger partial charge on any atom is -0.477 e. The number of aliphatic carboxylic acids is 1. The van der Waals surface area contributed by atoms with Gasteiger partial charge in [0.25, 0.3) is 11.8 Å². The second-order valence-electron chi connectivity index (χ2n) is 5.97. The van der Waals surface area contributed by atoms with Crippen LogP contribution in [-0.2, 0) is 19.2 Å². The van der Waals surface area contributed by atoms with Crippen LogP contribution in [0.25, 0.3) is 0 Å². The normalized spacial score (nSPS) is 20.4. The van der Waals surface area contributed by atoms with E-state index >= 15 is 0 Å². The number of nitrogens with two attached hydrogens (primary N) is 1. The molecule has 0 aliphatic carbocycles. The number of oxime groups is 1. The molecule has 3 heterocycles. The molecule has 2 atom stereocenters. The number of thioether (sulfide) groups is 2. The van der Waals surface area contributed by atoms with Crippen molar-refractivity contribution in [3.8, 4) is 6.07 Å². The van der Waals surface area contributed by atoms with Gasteiger partial charge in [0.1, 0.15) is 23.7 Å². The number of fused-ring (bicyclic) bond motifs is 1. The summed E-state index contributed by atoms with van der Waals surface area (Å²) in [5.74, 6) is -2.42. The number of aromatic nitrogens is 2. The van der Waals surface area contributed by atoms with Crippen molar-refractivity contribution in [3.05, 3.63) is 40.6 Å². The van der Waals surface area contributed by atoms with Crippen molar-refractivity contribution < 1.29 is 24.3 Å². The van der Waals surface area contributed by atoms with Crippen molar-refractivity contribution in [1.82, 2.24) is 19.6 Å². The van der Waals surface area contributed by atoms with Crippen LogP contribution >= 0.6 is 35.1 Å². The van der Waals surface area contributed by atoms with Crippen molar-refractivity contribution in [2.24, 2.45) is 5.16 Å². The summed E-state index contributed by atoms with van der Waals surface area (Å²) in [4.78, 5) is 47.8. The van der Waals surface area contributed by atoms with E-state index in [4.69, 9.17) is 15.8 Å². The lowest BCUT2D eigenvalue weighted by Gasteiger charge is -2.49. The van der Waals surface area contributed by atoms with E-state index < -0.39 is 29.2 Å². The molecule has 0 aromatic carbocycles. The van der Waals surface area contributed by atoms with Gasteiger partial charge in [-0.15, -0.1) is 11.8 Å². The number of amides is 2. The smallest absolute Gasteiger partial charge is 0.353 e. The fourth-order valence-corrected chi connectivity index (χ4v) is 5.40. The van der Waals surface area contributed by atoms with E-state index in [2.05, 4.69) is 26.4 Å². The number of β-lactam (4-membered cyclic amide) rings is 1. The molecule has 1 aromatic rings. The molecule has 0 saturated carbocycles. The minimum absolute atomic E-state index is 0.0263. The number of nitrogen functional groups attached to an aromatic ring is 1. The van der Waals surface area contributed by atoms with Crippen molar-refractivity contribution in [3.63, 3.8) is 0 Å². The summed E-state index contributed by atoms with van der Waals surface area (Å²) in [6.45, 7) is 3.51. The van der Waals surface area contributed by atoms with Gasteiger partial charge in [-0.2, -0.15) is 14.6 Å². The number of carboxylic acids is 1. The third-order valence-corrected chi connectivity index (χ3v) is 6.89. The van der Waals surface area contributed by atoms with E-state index in [0.717, 1.165) is 28.2 Å². The van der Waals surface area contributed by atoms with Crippen LogP contribution < -0.4 is 11.1 Å². The molecule has 2 aliphatic rings. The van der Waals surface area contributed by atoms with Crippen LogP contribution in [0.5, 0.6) is 0 Å². The largest absolute Gasteiger partial charge is 0.477 e. The highest BCUT2D eigenvalue weighted by atomic mass is 32.2. The van der Waals surface area contributed by atoms with Crippen molar-refractivity contribution >= 4 is 63.7 Å². The molecule has 0 spiro atoms. The van der Waals surface area contributed by atoms with Gasteiger partial charge in [-0.3, -0.25) is 14.5 Å². The summed E-state index contributed by atoms with van der Waals surface area (Å²) in [5, 5.41) is 25.4. The molecule has 2 aliphatic heterocycles. The highest BCUT2D eigenvalue weighted by molar-refractivity contribution is 8.08. The van der Waals surface area contributed by atoms with E-state index in [-0.39, 0.29) is 34.7 Å². The molecule has 1 saturated heterocycles. The van der Waals surface area contributed by atoms with Gasteiger partial charge < -0.3 is 21.0 Å². The molecule has 1 aromatic heterocycles. The van der Waals surface area contributed by atoms with Crippen LogP contribution in [-0.4, -0.2) is 66.6 Å². The number of nitrogens with zero attached hydrogens (tertiary/aromatic N) is 5. The van der Waals surface area contributed by atoms with Crippen molar-refractivity contribution in [1.29, 1.82) is 5.26 Å². The standard InChI is InChI=1S/C17H15N7O5S3/c1-2-5-29-22-9(12-21-17(19)32-23-12)13(25)20-10-14(26)24-11(16(27)28)8(7-31-15(10)24)30-6-3-4-18/h2-3,6,10,15H,1,5,7H2,(H,20,25)(H,27,28)(H2,19,21,23)/b6-3-,22-9?/t10?,15-/m1/s1. The molecule has 0 bridgehead atoms. The number of nitrogens with one attached hydrogen (secondary N) is 1. The number of carboxylic acid groups (broad SMARTS) is 1. The van der Waals surface area contributed by atoms with Crippen LogP contribution in [0.1, 0.15) is 5.82 Å². The van der Waals surface area contributed by atoms with Gasteiger partial charge in [0.15, 0.2) is 5.13 Å². The first-order valence-electron chi connectivity index (χ1n) is 8.72. The van der Waals surface area contributed by atoms with Gasteiger partial charge in [-0.25, -0.2) is 4.79 Å². The molecule has 32 heavy (non-hydrogen) atoms. The van der Waals surface area contributed by atoms with E-state index in [0.29, 0.717) is 4.91 Å². The van der Waals surface area contributed by atoms with E-state index in [1.165, 1.54) is 29.3 Å². The summed E-state index contributed by atoms with van der Waals surface area (Å²) in [6.07, 6.45) is 2.64. The van der Waals surface area contributed by atoms with Gasteiger partial charge in [0, 0.05) is 28.3 Å². The average Bonchev–Trinajstić information content (AvgIpc) is 3.20. The molecule has 2 amide bonds. The van der Waals surface area contributed by atoms with Crippen molar-refractivity contribution in [2.75, 3.05) is 18.1 Å². The maximum Gasteiger partial charge on any atom is 0.353 e. The highest BCUT2D eigenvalue weighted by Crippen LogP contribution is 2.43. The Labute approximate surface area is 194 Å². The zero-order valence-corrected chi connectivity index (χ0v) is 18.6. The molecule has 1 unspecified atom stereocenters. The van der Waals surface area contributed by atoms with Gasteiger partial charge in [0.2, 0.25) is 11.5 Å². The van der Waals surface area contributed by atoms with Crippen LogP contribution in [0.4, 0.5) is 5.13 Å². The first-order valence-corrected chi connectivity index (χ1v) is 11.4. The zero-order chi connectivity index (χ0) is 23.3. The number of allylic oxidation sites excluding steroid dienone is 1. The summed E-state index contributed by atoms with van der Waals surface area (Å²) in [7, 11) is 0. The van der Waals surface area contributed by atoms with Gasteiger partial charge >= 0.3 is 5.97 Å². The number of anilines is 1. The Bertz CT molecular complexity index is 1090. The maximum atomic E-state index is 12.8. The van der Waals surface area contributed by atoms with Gasteiger partial charge in [-0.1, -0.05) is 29.6 Å². The Hall–Kier alpha value is -3.35. The average molecular weight is 494 g/mol. The number of carbonyl (C=O) groups excluding carboxylic acids is 2. The van der Waals surface area contributed by atoms with Crippen LogP contribution in [0.15, 0.2) is 39.9 Å². The second-order valence-corrected chi connectivity index (χ2v) is 8.86. The summed E-state index contributed by atoms with van der Waals surface area (Å²) in [5.41, 5.74) is 5.12. The van der Waals surface area contributed by atoms with E-state index in [1.807, 2.05) is 6.07 Å². The lowest BCUT2D eigenvalue weighted by atomic mass is 10.0. The molecule has 1 fully saturated rings. The van der Waals surface area contributed by atoms with Gasteiger partial charge in [0.05, 0.1) is 6.07 Å². The Balaban J connectivity index is 1.79. The van der Waals surface area contributed by atoms with E-state index in [9.17, 15) is 19.5 Å². The lowest BCUT2D eigenvalue weighted by Crippen LogP contribution is -2.71. The highest BCUT2D eigenvalue weighted by Gasteiger charge is 2.54. The molecule has 12 nitrogen and oxygen atoms in total. The van der Waals surface area contributed by atoms with E-state index in [1.54, 1.807) is 0 Å². The quantitative estimate of drug-likeness (QED) is 0.109. The summed E-state index contributed by atoms with van der Waals surface area (Å²) < 4.78 is 3.94. The van der Waals surface area contributed by atoms with Crippen LogP contribution in [0, 0.1) is 11.3 Å². The Morgan fingerprint density at radius 2 is 2.34 bits per heavy atom. The molecular formula is C17H15N7O5S3. The molecule has 4 N–H and O–H groups in total. The zero-order valence-electron chi connectivity index (χ0n) is 16.1. The predicted octanol–water partition coefficient (Wildman–Crippen LogP) is 0.494. The van der Waals surface area contributed by atoms with Crippen molar-refractivity contribution in [2.45, 2.75) is 11.4 Å². The molecular weight excluding hydrogens is 478 g/mol. The third-order valence-electron chi connectivity index (χ3n) is 3.99. The molecule has 3 rings (SSSR count). The first kappa shape index (κ1) is 23.3. The Morgan fingerprint density at radius 1 is 1.56 bits per heavy atom. The first-order chi connectivity index (χ1) is 15.4. The summed E-state index contributed by atoms with van der Waals surface area (Å²) >= 11 is 3.20. The Morgan fingerprint density at radius 3 is 2.97 bits per heavy atom. The Kier molecular flexibility index (Phi) is 7.51. The SMILES string of the molecule is C=CCON=C(C(=O)NC1C(=O)N2C(C(=O)O)=C(S/C=C\C#N)CS[C@H]12)c1nsc(N)n1. The molecule has 166 valence electrons. The number of carbonyl (C=O) groups is 3. The fourth-order valence-electron chi connectivity index (χ4n) is 2.71. The molecule has 0 radical (unpaired) electrons. The maximum absolute atomic E-state index is 12.8. The number of hydrogen-bond acceptors (Lipinski definition) is 12. The summed E-state index contributed by atoms with van der Waals surface area (Å²) in [6, 6.07) is 0.833.